The van der Waals surface area contributed by atoms with Crippen molar-refractivity contribution in [2.45, 2.75) is 24.3 Å². The third-order valence-corrected chi connectivity index (χ3v) is 9.05. The van der Waals surface area contributed by atoms with E-state index in [9.17, 15) is 13.2 Å². The number of piperidine rings is 1. The summed E-state index contributed by atoms with van der Waals surface area (Å²) in [6, 6.07) is 9.81. The summed E-state index contributed by atoms with van der Waals surface area (Å²) in [5.74, 6) is 0.458. The molecule has 2 aliphatic rings. The number of hydrogen-bond donors (Lipinski definition) is 0. The van der Waals surface area contributed by atoms with Crippen molar-refractivity contribution < 1.29 is 22.7 Å². The molecule has 0 bridgehead atoms. The highest BCUT2D eigenvalue weighted by Gasteiger charge is 2.33. The van der Waals surface area contributed by atoms with E-state index in [1.54, 1.807) is 18.2 Å². The molecule has 1 fully saturated rings. The van der Waals surface area contributed by atoms with Crippen molar-refractivity contribution in [2.24, 2.45) is 10.9 Å². The van der Waals surface area contributed by atoms with E-state index in [4.69, 9.17) is 21.1 Å². The minimum atomic E-state index is -3.72. The Balaban J connectivity index is 1.44. The average molecular weight is 520 g/mol. The van der Waals surface area contributed by atoms with Crippen molar-refractivity contribution in [1.82, 2.24) is 8.87 Å². The van der Waals surface area contributed by atoms with Gasteiger partial charge in [-0.2, -0.15) is 9.30 Å². The summed E-state index contributed by atoms with van der Waals surface area (Å²) in [6.45, 7) is 4.92. The summed E-state index contributed by atoms with van der Waals surface area (Å²) in [5.41, 5.74) is 0.872. The monoisotopic (exact) mass is 519 g/mol. The predicted octanol–water partition coefficient (Wildman–Crippen LogP) is 3.80. The van der Waals surface area contributed by atoms with Gasteiger partial charge in [-0.3, -0.25) is 4.79 Å². The number of carbonyl (C=O) groups excluding carboxylic acids is 1. The molecule has 1 unspecified atom stereocenters. The number of fused-ring (bicyclic) bond motifs is 2. The van der Waals surface area contributed by atoms with Crippen LogP contribution in [-0.4, -0.2) is 43.1 Å². The van der Waals surface area contributed by atoms with Gasteiger partial charge in [0.15, 0.2) is 16.3 Å². The fourth-order valence-electron chi connectivity index (χ4n) is 4.15. The highest BCUT2D eigenvalue weighted by atomic mass is 35.5. The maximum absolute atomic E-state index is 13.2. The second-order valence-electron chi connectivity index (χ2n) is 8.06. The van der Waals surface area contributed by atoms with Crippen LogP contribution >= 0.6 is 22.9 Å². The number of sulfonamides is 1. The molecular weight excluding hydrogens is 498 g/mol. The van der Waals surface area contributed by atoms with Gasteiger partial charge in [0.1, 0.15) is 0 Å². The fraction of sp³-hybridized carbons (Fsp3) is 0.304. The Morgan fingerprint density at radius 3 is 2.71 bits per heavy atom. The number of rotatable bonds is 5. The van der Waals surface area contributed by atoms with Crippen molar-refractivity contribution in [2.75, 3.05) is 19.9 Å². The van der Waals surface area contributed by atoms with Crippen molar-refractivity contribution in [1.29, 1.82) is 0 Å². The molecule has 0 saturated carbocycles. The Bertz CT molecular complexity index is 1440. The van der Waals surface area contributed by atoms with Gasteiger partial charge in [0, 0.05) is 36.8 Å². The second-order valence-corrected chi connectivity index (χ2v) is 11.4. The Kier molecular flexibility index (Phi) is 6.24. The Morgan fingerprint density at radius 2 is 1.97 bits per heavy atom. The molecule has 1 amide bonds. The fourth-order valence-corrected chi connectivity index (χ4v) is 6.86. The molecule has 2 aromatic carbocycles. The van der Waals surface area contributed by atoms with E-state index in [1.807, 2.05) is 16.7 Å². The van der Waals surface area contributed by atoms with E-state index in [1.165, 1.54) is 27.8 Å². The zero-order chi connectivity index (χ0) is 23.9. The third kappa shape index (κ3) is 4.26. The zero-order valence-corrected chi connectivity index (χ0v) is 20.5. The maximum Gasteiger partial charge on any atom is 0.252 e. The largest absolute Gasteiger partial charge is 0.454 e. The van der Waals surface area contributed by atoms with Gasteiger partial charge in [0.25, 0.3) is 5.91 Å². The van der Waals surface area contributed by atoms with Crippen LogP contribution in [0.3, 0.4) is 0 Å². The van der Waals surface area contributed by atoms with Gasteiger partial charge in [-0.1, -0.05) is 29.0 Å². The van der Waals surface area contributed by atoms with E-state index < -0.39 is 15.9 Å². The molecule has 0 aliphatic carbocycles. The van der Waals surface area contributed by atoms with Crippen LogP contribution in [0.5, 0.6) is 11.5 Å². The number of aromatic nitrogens is 1. The van der Waals surface area contributed by atoms with Gasteiger partial charge in [0.2, 0.25) is 16.8 Å². The van der Waals surface area contributed by atoms with Crippen LogP contribution in [-0.2, 0) is 21.4 Å². The summed E-state index contributed by atoms with van der Waals surface area (Å²) in [6.07, 6.45) is 2.90. The first kappa shape index (κ1) is 23.1. The van der Waals surface area contributed by atoms with Crippen LogP contribution in [0.25, 0.3) is 10.2 Å². The first-order valence-corrected chi connectivity index (χ1v) is 13.4. The molecule has 34 heavy (non-hydrogen) atoms. The maximum atomic E-state index is 13.2. The molecule has 11 heteroatoms. The quantitative estimate of drug-likeness (QED) is 0.478. The Labute approximate surface area is 205 Å². The molecule has 0 spiro atoms. The normalized spacial score (nSPS) is 19.0. The predicted molar refractivity (Wildman–Crippen MR) is 130 cm³/mol. The zero-order valence-electron chi connectivity index (χ0n) is 18.1. The van der Waals surface area contributed by atoms with Crippen LogP contribution in [0.2, 0.25) is 5.02 Å². The number of thiazole rings is 1. The molecule has 3 heterocycles. The van der Waals surface area contributed by atoms with Crippen LogP contribution in [0, 0.1) is 5.92 Å². The molecule has 1 aromatic heterocycles. The van der Waals surface area contributed by atoms with Gasteiger partial charge in [-0.05, 0) is 37.1 Å². The lowest BCUT2D eigenvalue weighted by molar-refractivity contribution is -0.122. The lowest BCUT2D eigenvalue weighted by atomic mass is 9.99. The topological polar surface area (TPSA) is 90.2 Å². The summed E-state index contributed by atoms with van der Waals surface area (Å²) in [7, 11) is -3.72. The van der Waals surface area contributed by atoms with Gasteiger partial charge in [-0.25, -0.2) is 8.42 Å². The highest BCUT2D eigenvalue weighted by molar-refractivity contribution is 7.89. The van der Waals surface area contributed by atoms with Crippen molar-refractivity contribution in [3.63, 3.8) is 0 Å². The van der Waals surface area contributed by atoms with E-state index >= 15 is 0 Å². The van der Waals surface area contributed by atoms with Gasteiger partial charge in [-0.15, -0.1) is 6.58 Å². The summed E-state index contributed by atoms with van der Waals surface area (Å²) >= 11 is 7.27. The first-order chi connectivity index (χ1) is 16.4. The molecule has 1 atom stereocenters. The second kappa shape index (κ2) is 9.18. The van der Waals surface area contributed by atoms with Crippen molar-refractivity contribution in [3.8, 4) is 11.5 Å². The number of carbonyl (C=O) groups is 1. The molecule has 2 aliphatic heterocycles. The standard InChI is InChI=1S/C23H22ClN3O5S2/c1-2-9-27-18-11-19-20(32-14-31-19)12-21(18)33-23(27)25-22(28)15-4-3-10-26(13-15)34(29,30)17-7-5-16(24)6-8-17/h2,5-8,11-12,15H,1,3-4,9-10,13-14H2. The molecular formula is C23H22ClN3O5S2. The molecule has 1 saturated heterocycles. The summed E-state index contributed by atoms with van der Waals surface area (Å²) in [5, 5.41) is 0.462. The van der Waals surface area contributed by atoms with Crippen LogP contribution in [0.15, 0.2) is 58.9 Å². The van der Waals surface area contributed by atoms with Gasteiger partial charge < -0.3 is 14.0 Å². The molecule has 178 valence electrons. The number of benzene rings is 2. The van der Waals surface area contributed by atoms with E-state index in [0.717, 1.165) is 10.2 Å². The smallest absolute Gasteiger partial charge is 0.252 e. The van der Waals surface area contributed by atoms with Crippen LogP contribution in [0.4, 0.5) is 0 Å². The van der Waals surface area contributed by atoms with E-state index in [2.05, 4.69) is 11.6 Å². The van der Waals surface area contributed by atoms with Crippen LogP contribution < -0.4 is 14.3 Å². The SMILES string of the molecule is C=CCn1c(=NC(=O)C2CCCN(S(=O)(=O)c3ccc(Cl)cc3)C2)sc2cc3c(cc21)OCO3. The number of allylic oxidation sites excluding steroid dienone is 1. The Hall–Kier alpha value is -2.66. The minimum Gasteiger partial charge on any atom is -0.454 e. The lowest BCUT2D eigenvalue weighted by Gasteiger charge is -2.30. The first-order valence-electron chi connectivity index (χ1n) is 10.7. The third-order valence-electron chi connectivity index (χ3n) is 5.88. The lowest BCUT2D eigenvalue weighted by Crippen LogP contribution is -2.42. The molecule has 0 radical (unpaired) electrons. The number of ether oxygens (including phenoxy) is 2. The van der Waals surface area contributed by atoms with Crippen molar-refractivity contribution in [3.05, 3.63) is 58.9 Å². The molecule has 0 N–H and O–H groups in total. The average Bonchev–Trinajstić information content (AvgIpc) is 3.42. The van der Waals surface area contributed by atoms with Gasteiger partial charge in [0.05, 0.1) is 21.0 Å². The summed E-state index contributed by atoms with van der Waals surface area (Å²) in [4.78, 5) is 18.3. The minimum absolute atomic E-state index is 0.0929. The number of hydrogen-bond acceptors (Lipinski definition) is 6. The number of amides is 1. The summed E-state index contributed by atoms with van der Waals surface area (Å²) < 4.78 is 41.3. The number of nitrogens with zero attached hydrogens (tertiary/aromatic N) is 3. The van der Waals surface area contributed by atoms with Crippen LogP contribution in [0.1, 0.15) is 12.8 Å². The molecule has 8 nitrogen and oxygen atoms in total. The molecule has 3 aromatic rings. The molecule has 5 rings (SSSR count). The Morgan fingerprint density at radius 1 is 1.24 bits per heavy atom. The van der Waals surface area contributed by atoms with E-state index in [-0.39, 0.29) is 24.1 Å². The van der Waals surface area contributed by atoms with E-state index in [0.29, 0.717) is 47.3 Å². The van der Waals surface area contributed by atoms with Gasteiger partial charge >= 0.3 is 0 Å². The number of halogens is 1. The highest BCUT2D eigenvalue weighted by Crippen LogP contribution is 2.37. The van der Waals surface area contributed by atoms with Crippen molar-refractivity contribution >= 4 is 49.1 Å².